The molecule has 0 unspecified atom stereocenters. The van der Waals surface area contributed by atoms with E-state index in [-0.39, 0.29) is 5.04 Å². The van der Waals surface area contributed by atoms with Gasteiger partial charge in [-0.3, -0.25) is 9.97 Å². The average molecular weight is 511 g/mol. The van der Waals surface area contributed by atoms with E-state index in [0.29, 0.717) is 6.61 Å². The van der Waals surface area contributed by atoms with E-state index in [0.717, 1.165) is 61.4 Å². The minimum Gasteiger partial charge on any atom is -0.496 e. The zero-order chi connectivity index (χ0) is 26.6. The van der Waals surface area contributed by atoms with Gasteiger partial charge in [0.1, 0.15) is 11.5 Å². The highest BCUT2D eigenvalue weighted by Crippen LogP contribution is 2.36. The van der Waals surface area contributed by atoms with Crippen LogP contribution in [-0.4, -0.2) is 39.1 Å². The number of pyridine rings is 2. The van der Waals surface area contributed by atoms with Gasteiger partial charge in [0.2, 0.25) is 0 Å². The van der Waals surface area contributed by atoms with Crippen molar-refractivity contribution >= 4 is 8.32 Å². The first-order valence-electron chi connectivity index (χ1n) is 13.0. The van der Waals surface area contributed by atoms with Gasteiger partial charge in [0.15, 0.2) is 8.32 Å². The molecule has 0 atom stereocenters. The van der Waals surface area contributed by atoms with E-state index < -0.39 is 8.32 Å². The van der Waals surface area contributed by atoms with E-state index in [4.69, 9.17) is 13.9 Å². The average Bonchev–Trinajstić information content (AvgIpc) is 2.83. The van der Waals surface area contributed by atoms with E-state index in [1.807, 2.05) is 25.3 Å². The van der Waals surface area contributed by atoms with Gasteiger partial charge in [0, 0.05) is 34.9 Å². The summed E-state index contributed by atoms with van der Waals surface area (Å²) in [4.78, 5) is 9.07. The van der Waals surface area contributed by atoms with Crippen LogP contribution in [0.3, 0.4) is 0 Å². The molecule has 0 bridgehead atoms. The minimum atomic E-state index is -1.70. The van der Waals surface area contributed by atoms with Crippen LogP contribution in [0.25, 0.3) is 0 Å². The maximum Gasteiger partial charge on any atom is 0.192 e. The molecule has 0 radical (unpaired) electrons. The number of hydrogen-bond donors (Lipinski definition) is 0. The van der Waals surface area contributed by atoms with Crippen molar-refractivity contribution in [1.29, 1.82) is 0 Å². The molecule has 2 heterocycles. The standard InChI is InChI=1S/C30H46N2O3Si/c1-24-25(28(33-5)19-21-31-24)16-12-9-10-14-18-27-26(29(34-6)20-22-32-27)17-13-11-15-23-35-36(7,8)30(2,3)4/h9-11,15,19-22H,12-14,16-18,23H2,1-8H3/b10-9-,15-11-. The zero-order valence-corrected chi connectivity index (χ0v) is 24.7. The Morgan fingerprint density at radius 3 is 1.92 bits per heavy atom. The molecular formula is C30H46N2O3Si. The van der Waals surface area contributed by atoms with Gasteiger partial charge in [0.25, 0.3) is 0 Å². The summed E-state index contributed by atoms with van der Waals surface area (Å²) in [6.07, 6.45) is 18.1. The Morgan fingerprint density at radius 2 is 1.31 bits per heavy atom. The molecule has 2 rings (SSSR count). The molecule has 2 aromatic heterocycles. The van der Waals surface area contributed by atoms with Crippen molar-refractivity contribution in [3.63, 3.8) is 0 Å². The number of aryl methyl sites for hydroxylation is 2. The van der Waals surface area contributed by atoms with Crippen molar-refractivity contribution in [3.05, 3.63) is 71.3 Å². The number of methoxy groups -OCH3 is 2. The maximum absolute atomic E-state index is 6.24. The fraction of sp³-hybridized carbons (Fsp3) is 0.533. The zero-order valence-electron chi connectivity index (χ0n) is 23.7. The van der Waals surface area contributed by atoms with Crippen molar-refractivity contribution < 1.29 is 13.9 Å². The van der Waals surface area contributed by atoms with Crippen LogP contribution in [-0.2, 0) is 23.7 Å². The van der Waals surface area contributed by atoms with Gasteiger partial charge in [-0.1, -0.05) is 45.1 Å². The molecule has 36 heavy (non-hydrogen) atoms. The van der Waals surface area contributed by atoms with Crippen LogP contribution in [0.15, 0.2) is 48.8 Å². The summed E-state index contributed by atoms with van der Waals surface area (Å²) < 4.78 is 17.4. The molecule has 0 aliphatic carbocycles. The second kappa shape index (κ2) is 14.3. The molecular weight excluding hydrogens is 464 g/mol. The van der Waals surface area contributed by atoms with E-state index >= 15 is 0 Å². The Labute approximate surface area is 220 Å². The van der Waals surface area contributed by atoms with Crippen molar-refractivity contribution in [1.82, 2.24) is 9.97 Å². The first-order chi connectivity index (χ1) is 17.1. The molecule has 0 saturated carbocycles. The van der Waals surface area contributed by atoms with E-state index in [2.05, 4.69) is 68.1 Å². The summed E-state index contributed by atoms with van der Waals surface area (Å²) in [6, 6.07) is 3.89. The van der Waals surface area contributed by atoms with Gasteiger partial charge in [-0.2, -0.15) is 0 Å². The largest absolute Gasteiger partial charge is 0.496 e. The lowest BCUT2D eigenvalue weighted by atomic mass is 10.0. The first kappa shape index (κ1) is 29.8. The van der Waals surface area contributed by atoms with Crippen LogP contribution in [0.5, 0.6) is 11.5 Å². The molecule has 0 N–H and O–H groups in total. The summed E-state index contributed by atoms with van der Waals surface area (Å²) in [7, 11) is 1.75. The lowest BCUT2D eigenvalue weighted by molar-refractivity contribution is 0.327. The van der Waals surface area contributed by atoms with Crippen LogP contribution in [0.1, 0.15) is 62.5 Å². The number of aromatic nitrogens is 2. The van der Waals surface area contributed by atoms with Crippen molar-refractivity contribution in [3.8, 4) is 11.5 Å². The lowest BCUT2D eigenvalue weighted by Crippen LogP contribution is -2.40. The molecule has 0 aromatic carbocycles. The summed E-state index contributed by atoms with van der Waals surface area (Å²) in [5.41, 5.74) is 4.55. The molecule has 0 aliphatic heterocycles. The second-order valence-electron chi connectivity index (χ2n) is 10.6. The summed E-state index contributed by atoms with van der Waals surface area (Å²) in [5, 5.41) is 0.234. The topological polar surface area (TPSA) is 53.5 Å². The Hall–Kier alpha value is -2.44. The molecule has 0 spiro atoms. The van der Waals surface area contributed by atoms with Gasteiger partial charge in [0.05, 0.1) is 20.8 Å². The van der Waals surface area contributed by atoms with Crippen LogP contribution >= 0.6 is 0 Å². The first-order valence-corrected chi connectivity index (χ1v) is 15.9. The highest BCUT2D eigenvalue weighted by Gasteiger charge is 2.36. The fourth-order valence-corrected chi connectivity index (χ4v) is 4.77. The highest BCUT2D eigenvalue weighted by molar-refractivity contribution is 6.74. The Bertz CT molecular complexity index is 1010. The van der Waals surface area contributed by atoms with Crippen LogP contribution in [0, 0.1) is 6.92 Å². The molecule has 0 aliphatic rings. The van der Waals surface area contributed by atoms with E-state index in [9.17, 15) is 0 Å². The molecule has 5 nitrogen and oxygen atoms in total. The predicted molar refractivity (Wildman–Crippen MR) is 153 cm³/mol. The monoisotopic (exact) mass is 510 g/mol. The second-order valence-corrected chi connectivity index (χ2v) is 15.5. The molecule has 0 fully saturated rings. The van der Waals surface area contributed by atoms with Gasteiger partial charge < -0.3 is 13.9 Å². The summed E-state index contributed by atoms with van der Waals surface area (Å²) >= 11 is 0. The Morgan fingerprint density at radius 1 is 0.778 bits per heavy atom. The SMILES string of the molecule is COc1ccnc(C)c1CC/C=C\CCc1nccc(OC)c1CC/C=C\CO[Si](C)(C)C(C)(C)C. The number of nitrogens with zero attached hydrogens (tertiary/aromatic N) is 2. The number of hydrogen-bond acceptors (Lipinski definition) is 5. The van der Waals surface area contributed by atoms with Gasteiger partial charge >= 0.3 is 0 Å². The van der Waals surface area contributed by atoms with Gasteiger partial charge in [-0.25, -0.2) is 0 Å². The quantitative estimate of drug-likeness (QED) is 0.195. The fourth-order valence-electron chi connectivity index (χ4n) is 3.83. The van der Waals surface area contributed by atoms with Crippen LogP contribution in [0.4, 0.5) is 0 Å². The maximum atomic E-state index is 6.24. The van der Waals surface area contributed by atoms with E-state index in [1.165, 1.54) is 11.1 Å². The molecule has 198 valence electrons. The normalized spacial score (nSPS) is 12.6. The number of ether oxygens (including phenoxy) is 2. The molecule has 2 aromatic rings. The summed E-state index contributed by atoms with van der Waals surface area (Å²) in [5.74, 6) is 1.84. The smallest absolute Gasteiger partial charge is 0.192 e. The van der Waals surface area contributed by atoms with Crippen molar-refractivity contribution in [2.24, 2.45) is 0 Å². The predicted octanol–water partition coefficient (Wildman–Crippen LogP) is 7.43. The molecule has 0 amide bonds. The number of rotatable bonds is 14. The van der Waals surface area contributed by atoms with E-state index in [1.54, 1.807) is 20.4 Å². The van der Waals surface area contributed by atoms with Crippen LogP contribution < -0.4 is 9.47 Å². The Kier molecular flexibility index (Phi) is 11.9. The minimum absolute atomic E-state index is 0.234. The summed E-state index contributed by atoms with van der Waals surface area (Å²) in [6.45, 7) is 14.1. The van der Waals surface area contributed by atoms with Crippen molar-refractivity contribution in [2.75, 3.05) is 20.8 Å². The molecule has 6 heteroatoms. The number of allylic oxidation sites excluding steroid dienone is 3. The Balaban J connectivity index is 1.87. The van der Waals surface area contributed by atoms with Gasteiger partial charge in [-0.15, -0.1) is 0 Å². The third-order valence-corrected chi connectivity index (χ3v) is 11.6. The third kappa shape index (κ3) is 8.89. The highest BCUT2D eigenvalue weighted by atomic mass is 28.4. The molecule has 0 saturated heterocycles. The van der Waals surface area contributed by atoms with Crippen molar-refractivity contribution in [2.45, 2.75) is 84.4 Å². The lowest BCUT2D eigenvalue weighted by Gasteiger charge is -2.35. The van der Waals surface area contributed by atoms with Gasteiger partial charge in [-0.05, 0) is 75.7 Å². The van der Waals surface area contributed by atoms with Crippen LogP contribution in [0.2, 0.25) is 18.1 Å². The third-order valence-electron chi connectivity index (χ3n) is 7.12.